The average molecular weight is 1360 g/mol. The molecule has 8 nitrogen and oxygen atoms in total. The highest BCUT2D eigenvalue weighted by Gasteiger charge is 2.37. The predicted molar refractivity (Wildman–Crippen MR) is 438 cm³/mol. The fourth-order valence-electron chi connectivity index (χ4n) is 15.2. The lowest BCUT2D eigenvalue weighted by Gasteiger charge is -2.30. The van der Waals surface area contributed by atoms with Crippen molar-refractivity contribution in [1.29, 1.82) is 0 Å². The molecule has 0 spiro atoms. The van der Waals surface area contributed by atoms with E-state index in [0.29, 0.717) is 20.0 Å². The Morgan fingerprint density at radius 3 is 0.825 bits per heavy atom. The predicted octanol–water partition coefficient (Wildman–Crippen LogP) is 25.6. The van der Waals surface area contributed by atoms with Gasteiger partial charge in [0.15, 0.2) is 0 Å². The zero-order valence-corrected chi connectivity index (χ0v) is 62.9. The minimum atomic E-state index is -0.0855. The van der Waals surface area contributed by atoms with Crippen molar-refractivity contribution >= 4 is 68.2 Å². The van der Waals surface area contributed by atoms with Crippen LogP contribution in [0.2, 0.25) is 0 Å². The fraction of sp³-hybridized carbons (Fsp3) is 0.242. The number of nitrogens with zero attached hydrogens (tertiary/aromatic N) is 6. The number of hydrogen-bond acceptors (Lipinski definition) is 8. The quantitative estimate of drug-likeness (QED) is 0.112. The number of anilines is 12. The van der Waals surface area contributed by atoms with E-state index < -0.39 is 0 Å². The van der Waals surface area contributed by atoms with Gasteiger partial charge in [-0.25, -0.2) is 0 Å². The van der Waals surface area contributed by atoms with Crippen molar-refractivity contribution in [2.75, 3.05) is 49.4 Å². The Bertz CT molecular complexity index is 4640. The van der Waals surface area contributed by atoms with Gasteiger partial charge in [-0.3, -0.25) is 0 Å². The summed E-state index contributed by atoms with van der Waals surface area (Å²) in [6, 6.07) is 91.8. The van der Waals surface area contributed by atoms with Crippen molar-refractivity contribution in [2.24, 2.45) is 0 Å². The first-order valence-corrected chi connectivity index (χ1v) is 36.4. The topological polar surface area (TPSA) is 59.9 Å². The van der Waals surface area contributed by atoms with Crippen LogP contribution in [0.4, 0.5) is 68.2 Å². The summed E-state index contributed by atoms with van der Waals surface area (Å²) >= 11 is 0. The molecule has 14 rings (SSSR count). The van der Waals surface area contributed by atoms with Gasteiger partial charge in [0.2, 0.25) is 0 Å². The van der Waals surface area contributed by atoms with E-state index in [9.17, 15) is 10.2 Å². The molecule has 2 aliphatic heterocycles. The molecule has 2 heterocycles. The van der Waals surface area contributed by atoms with Gasteiger partial charge >= 0.3 is 0 Å². The van der Waals surface area contributed by atoms with Gasteiger partial charge in [-0.1, -0.05) is 217 Å². The van der Waals surface area contributed by atoms with E-state index in [0.717, 1.165) is 124 Å². The van der Waals surface area contributed by atoms with Crippen LogP contribution in [0.5, 0.6) is 11.5 Å². The molecule has 520 valence electrons. The minimum absolute atomic E-state index is 0.0855. The number of rotatable bonds is 14. The number of phenolic OH excluding ortho intramolecular Hbond substituents is 2. The summed E-state index contributed by atoms with van der Waals surface area (Å²) < 4.78 is 0. The van der Waals surface area contributed by atoms with Gasteiger partial charge in [0.25, 0.3) is 0 Å². The van der Waals surface area contributed by atoms with Gasteiger partial charge < -0.3 is 39.6 Å². The summed E-state index contributed by atoms with van der Waals surface area (Å²) in [5, 5.41) is 24.9. The van der Waals surface area contributed by atoms with Crippen molar-refractivity contribution in [3.63, 3.8) is 0 Å². The number of phenols is 2. The molecule has 0 bridgehead atoms. The van der Waals surface area contributed by atoms with Gasteiger partial charge in [0.05, 0.1) is 54.1 Å². The smallest absolute Gasteiger partial charge is 0.139 e. The maximum absolute atomic E-state index is 12.4. The number of aromatic hydroxyl groups is 2. The molecular weight excluding hydrogens is 1260 g/mol. The van der Waals surface area contributed by atoms with Crippen molar-refractivity contribution in [3.8, 4) is 56.0 Å². The molecule has 0 fully saturated rings. The van der Waals surface area contributed by atoms with Gasteiger partial charge in [0.1, 0.15) is 11.5 Å². The lowest BCUT2D eigenvalue weighted by atomic mass is 9.79. The number of benzene rings is 12. The second-order valence-corrected chi connectivity index (χ2v) is 32.7. The molecule has 0 aliphatic carbocycles. The Balaban J connectivity index is 0.896. The molecule has 2 aliphatic rings. The minimum Gasteiger partial charge on any atom is -0.506 e. The highest BCUT2D eigenvalue weighted by Crippen LogP contribution is 2.52. The number of aryl methyl sites for hydroxylation is 4. The van der Waals surface area contributed by atoms with Gasteiger partial charge in [0, 0.05) is 34.1 Å². The molecule has 2 N–H and O–H groups in total. The lowest BCUT2D eigenvalue weighted by molar-refractivity contribution is 0.475. The molecule has 103 heavy (non-hydrogen) atoms. The largest absolute Gasteiger partial charge is 0.506 e. The number of para-hydroxylation sites is 4. The van der Waals surface area contributed by atoms with E-state index in [1.165, 1.54) is 33.4 Å². The Labute approximate surface area is 612 Å². The first-order chi connectivity index (χ1) is 49.0. The summed E-state index contributed by atoms with van der Waals surface area (Å²) in [7, 11) is 0. The number of hydrogen-bond donors (Lipinski definition) is 2. The molecule has 0 radical (unpaired) electrons. The molecule has 8 heteroatoms. The standard InChI is InChI=1S/C95H98N6O2/c1-62-45-80(100(76-29-21-17-22-30-76)77-31-23-18-24-32-77)46-63(2)90(62)68-39-43-88(102)86(55-68)98-60-96(84-53-66(37-41-82(84)98)70-49-72(92(5,6)7)57-73(50-70)93(8,9)10)59-97-61-99(83-42-38-67(54-85(83)97)71-51-74(94(11,12)13)58-75(52-71)95(14,15)16)87-56-69(40-44-89(87)103)91-64(3)47-81(48-65(91)4)101(78-33-25-19-26-34-78)79-35-27-20-28-36-79/h17-58,102-103H,59-61H2,1-16H3. The van der Waals surface area contributed by atoms with E-state index in [1.54, 1.807) is 0 Å². The second kappa shape index (κ2) is 26.8. The molecule has 0 atom stereocenters. The third kappa shape index (κ3) is 13.8. The van der Waals surface area contributed by atoms with E-state index in [2.05, 4.69) is 383 Å². The summed E-state index contributed by atoms with van der Waals surface area (Å²) in [5.74, 6) is 0.406. The lowest BCUT2D eigenvalue weighted by Crippen LogP contribution is -2.40. The third-order valence-corrected chi connectivity index (χ3v) is 20.9. The van der Waals surface area contributed by atoms with E-state index in [-0.39, 0.29) is 33.2 Å². The van der Waals surface area contributed by atoms with Crippen LogP contribution in [0.3, 0.4) is 0 Å². The zero-order chi connectivity index (χ0) is 72.6. The maximum Gasteiger partial charge on any atom is 0.139 e. The summed E-state index contributed by atoms with van der Waals surface area (Å²) in [5.41, 5.74) is 30.3. The van der Waals surface area contributed by atoms with Gasteiger partial charge in [-0.15, -0.1) is 0 Å². The van der Waals surface area contributed by atoms with E-state index >= 15 is 0 Å². The highest BCUT2D eigenvalue weighted by molar-refractivity contribution is 5.94. The molecule has 0 aromatic heterocycles. The molecule has 0 unspecified atom stereocenters. The second-order valence-electron chi connectivity index (χ2n) is 32.7. The van der Waals surface area contributed by atoms with Crippen LogP contribution in [0, 0.1) is 27.7 Å². The zero-order valence-electron chi connectivity index (χ0n) is 62.9. The molecule has 0 saturated heterocycles. The van der Waals surface area contributed by atoms with Crippen LogP contribution < -0.4 is 29.4 Å². The maximum atomic E-state index is 12.4. The van der Waals surface area contributed by atoms with E-state index in [1.807, 2.05) is 12.1 Å². The molecule has 0 saturated carbocycles. The summed E-state index contributed by atoms with van der Waals surface area (Å²) in [4.78, 5) is 14.2. The number of fused-ring (bicyclic) bond motifs is 2. The molecular formula is C95H98N6O2. The van der Waals surface area contributed by atoms with Crippen molar-refractivity contribution in [2.45, 2.75) is 132 Å². The van der Waals surface area contributed by atoms with Crippen LogP contribution in [-0.2, 0) is 21.7 Å². The van der Waals surface area contributed by atoms with Gasteiger partial charge in [-0.05, 0) is 260 Å². The molecule has 0 amide bonds. The van der Waals surface area contributed by atoms with Crippen LogP contribution in [0.15, 0.2) is 255 Å². The van der Waals surface area contributed by atoms with Crippen molar-refractivity contribution < 1.29 is 10.2 Å². The Morgan fingerprint density at radius 1 is 0.272 bits per heavy atom. The Kier molecular flexibility index (Phi) is 18.0. The van der Waals surface area contributed by atoms with Crippen molar-refractivity contribution in [3.05, 3.63) is 299 Å². The van der Waals surface area contributed by atoms with E-state index in [4.69, 9.17) is 0 Å². The highest BCUT2D eigenvalue weighted by atomic mass is 16.3. The SMILES string of the molecule is Cc1cc(N(c2ccccc2)c2ccccc2)cc(C)c1-c1ccc(O)c(N2CN(CN3CN(c4cc(-c5c(C)cc(N(c6ccccc6)c6ccccc6)cc5C)ccc4O)c4ccc(-c5cc(C(C)(C)C)cc(C(C)(C)C)c5)cc43)c3cc(-c4cc(C(C)(C)C)cc(C(C)(C)C)c4)ccc32)c1. The van der Waals surface area contributed by atoms with Crippen LogP contribution >= 0.6 is 0 Å². The first kappa shape index (κ1) is 69.1. The van der Waals surface area contributed by atoms with Crippen LogP contribution in [0.1, 0.15) is 128 Å². The normalized spacial score (nSPS) is 13.2. The molecule has 12 aromatic rings. The monoisotopic (exact) mass is 1350 g/mol. The molecule has 12 aromatic carbocycles. The van der Waals surface area contributed by atoms with Crippen LogP contribution in [-0.4, -0.2) is 30.2 Å². The third-order valence-electron chi connectivity index (χ3n) is 20.9. The van der Waals surface area contributed by atoms with Gasteiger partial charge in [-0.2, -0.15) is 0 Å². The van der Waals surface area contributed by atoms with Crippen LogP contribution in [0.25, 0.3) is 44.5 Å². The Morgan fingerprint density at radius 2 is 0.544 bits per heavy atom. The van der Waals surface area contributed by atoms with Crippen molar-refractivity contribution in [1.82, 2.24) is 0 Å². The first-order valence-electron chi connectivity index (χ1n) is 36.4. The summed E-state index contributed by atoms with van der Waals surface area (Å²) in [6.45, 7) is 37.8. The average Bonchev–Trinajstić information content (AvgIpc) is 1.56. The summed E-state index contributed by atoms with van der Waals surface area (Å²) in [6.07, 6.45) is 0. The fourth-order valence-corrected chi connectivity index (χ4v) is 15.2. The Hall–Kier alpha value is -11.0.